The van der Waals surface area contributed by atoms with Crippen molar-refractivity contribution >= 4 is 22.6 Å². The van der Waals surface area contributed by atoms with E-state index in [1.54, 1.807) is 8.61 Å². The first-order valence-electron chi connectivity index (χ1n) is 6.56. The summed E-state index contributed by atoms with van der Waals surface area (Å²) in [4.78, 5) is 0. The van der Waals surface area contributed by atoms with E-state index in [-0.39, 0.29) is 12.4 Å². The van der Waals surface area contributed by atoms with Crippen LogP contribution in [0.4, 0.5) is 0 Å². The summed E-state index contributed by atoms with van der Waals surface area (Å²) in [6.07, 6.45) is 3.04. The van der Waals surface area contributed by atoms with E-state index in [4.69, 9.17) is 0 Å². The highest BCUT2D eigenvalue weighted by atomic mass is 35.5. The zero-order valence-electron chi connectivity index (χ0n) is 11.0. The molecule has 0 amide bonds. The molecule has 1 atom stereocenters. The van der Waals surface area contributed by atoms with Gasteiger partial charge in [-0.1, -0.05) is 6.92 Å². The quantitative estimate of drug-likeness (QED) is 0.815. The molecule has 2 aliphatic rings. The van der Waals surface area contributed by atoms with Crippen molar-refractivity contribution in [2.45, 2.75) is 26.2 Å². The summed E-state index contributed by atoms with van der Waals surface area (Å²) in [6, 6.07) is 0. The van der Waals surface area contributed by atoms with E-state index in [2.05, 4.69) is 12.2 Å². The Hall–Kier alpha value is 0.120. The molecule has 0 radical (unpaired) electrons. The summed E-state index contributed by atoms with van der Waals surface area (Å²) in [5, 5.41) is 3.24. The van der Waals surface area contributed by atoms with Crippen LogP contribution in [0.15, 0.2) is 0 Å². The van der Waals surface area contributed by atoms with Gasteiger partial charge in [0.1, 0.15) is 0 Å². The molecule has 2 heterocycles. The third-order valence-electron chi connectivity index (χ3n) is 3.57. The molecule has 0 aromatic rings. The van der Waals surface area contributed by atoms with E-state index >= 15 is 0 Å². The fraction of sp³-hybridized carbons (Fsp3) is 1.00. The highest BCUT2D eigenvalue weighted by molar-refractivity contribution is 7.86. The summed E-state index contributed by atoms with van der Waals surface area (Å²) in [6.45, 7) is 6.45. The Kier molecular flexibility index (Phi) is 6.34. The SMILES string of the molecule is CC1CCCN(S(=O)(=O)N2CCCNCC2)C1.Cl. The maximum absolute atomic E-state index is 12.5. The lowest BCUT2D eigenvalue weighted by Crippen LogP contribution is -2.48. The van der Waals surface area contributed by atoms with E-state index in [1.165, 1.54) is 0 Å². The molecule has 0 spiro atoms. The topological polar surface area (TPSA) is 52.7 Å². The van der Waals surface area contributed by atoms with Gasteiger partial charge in [0.15, 0.2) is 0 Å². The van der Waals surface area contributed by atoms with Gasteiger partial charge in [0.05, 0.1) is 0 Å². The molecule has 2 fully saturated rings. The predicted octanol–water partition coefficient (Wildman–Crippen LogP) is 0.680. The lowest BCUT2D eigenvalue weighted by atomic mass is 10.0. The van der Waals surface area contributed by atoms with E-state index in [0.717, 1.165) is 32.4 Å². The summed E-state index contributed by atoms with van der Waals surface area (Å²) in [5.74, 6) is 0.489. The van der Waals surface area contributed by atoms with Gasteiger partial charge in [0.25, 0.3) is 10.2 Å². The summed E-state index contributed by atoms with van der Waals surface area (Å²) < 4.78 is 28.2. The number of hydrogen-bond donors (Lipinski definition) is 1. The van der Waals surface area contributed by atoms with Gasteiger partial charge in [-0.25, -0.2) is 0 Å². The third kappa shape index (κ3) is 3.81. The molecule has 1 unspecified atom stereocenters. The van der Waals surface area contributed by atoms with Crippen LogP contribution in [0.2, 0.25) is 0 Å². The molecule has 108 valence electrons. The Labute approximate surface area is 116 Å². The van der Waals surface area contributed by atoms with Crippen LogP contribution >= 0.6 is 12.4 Å². The normalized spacial score (nSPS) is 28.4. The maximum Gasteiger partial charge on any atom is 0.282 e. The van der Waals surface area contributed by atoms with Gasteiger partial charge in [-0.2, -0.15) is 17.0 Å². The minimum atomic E-state index is -3.21. The lowest BCUT2D eigenvalue weighted by molar-refractivity contribution is 0.259. The number of nitrogens with one attached hydrogen (secondary N) is 1. The van der Waals surface area contributed by atoms with Crippen LogP contribution in [0, 0.1) is 5.92 Å². The molecule has 18 heavy (non-hydrogen) atoms. The average molecular weight is 298 g/mol. The smallest absolute Gasteiger partial charge is 0.282 e. The van der Waals surface area contributed by atoms with E-state index in [0.29, 0.717) is 32.1 Å². The van der Waals surface area contributed by atoms with Crippen molar-refractivity contribution in [3.63, 3.8) is 0 Å². The highest BCUT2D eigenvalue weighted by Gasteiger charge is 2.32. The standard InChI is InChI=1S/C11H23N3O2S.ClH/c1-11-4-2-7-14(10-11)17(15,16)13-8-3-5-12-6-9-13;/h11-12H,2-10H2,1H3;1H. The molecule has 5 nitrogen and oxygen atoms in total. The summed E-state index contributed by atoms with van der Waals surface area (Å²) in [5.41, 5.74) is 0. The molecule has 2 saturated heterocycles. The predicted molar refractivity (Wildman–Crippen MR) is 75.2 cm³/mol. The van der Waals surface area contributed by atoms with Crippen LogP contribution < -0.4 is 5.32 Å². The van der Waals surface area contributed by atoms with Gasteiger partial charge < -0.3 is 5.32 Å². The average Bonchev–Trinajstić information content (AvgIpc) is 2.58. The first-order chi connectivity index (χ1) is 8.10. The number of piperidine rings is 1. The van der Waals surface area contributed by atoms with Crippen molar-refractivity contribution in [3.8, 4) is 0 Å². The molecule has 0 aromatic heterocycles. The van der Waals surface area contributed by atoms with Crippen LogP contribution in [0.25, 0.3) is 0 Å². The van der Waals surface area contributed by atoms with E-state index in [1.807, 2.05) is 0 Å². The Balaban J connectivity index is 0.00000162. The van der Waals surface area contributed by atoms with Crippen LogP contribution in [-0.4, -0.2) is 56.3 Å². The second-order valence-electron chi connectivity index (χ2n) is 5.12. The lowest BCUT2D eigenvalue weighted by Gasteiger charge is -2.34. The molecular weight excluding hydrogens is 274 g/mol. The van der Waals surface area contributed by atoms with E-state index in [9.17, 15) is 8.42 Å². The van der Waals surface area contributed by atoms with E-state index < -0.39 is 10.2 Å². The van der Waals surface area contributed by atoms with Gasteiger partial charge in [-0.15, -0.1) is 12.4 Å². The zero-order valence-corrected chi connectivity index (χ0v) is 12.6. The Bertz CT molecular complexity index is 334. The van der Waals surface area contributed by atoms with Gasteiger partial charge in [-0.05, 0) is 31.7 Å². The number of rotatable bonds is 2. The van der Waals surface area contributed by atoms with Crippen molar-refractivity contribution in [2.75, 3.05) is 39.3 Å². The molecule has 0 bridgehead atoms. The second-order valence-corrected chi connectivity index (χ2v) is 7.04. The Morgan fingerprint density at radius 2 is 1.78 bits per heavy atom. The molecule has 0 aliphatic carbocycles. The molecule has 1 N–H and O–H groups in total. The minimum Gasteiger partial charge on any atom is -0.315 e. The van der Waals surface area contributed by atoms with Gasteiger partial charge in [0, 0.05) is 32.7 Å². The zero-order chi connectivity index (χ0) is 12.3. The van der Waals surface area contributed by atoms with Crippen molar-refractivity contribution in [2.24, 2.45) is 5.92 Å². The Morgan fingerprint density at radius 1 is 1.06 bits per heavy atom. The number of halogens is 1. The van der Waals surface area contributed by atoms with Gasteiger partial charge >= 0.3 is 0 Å². The molecular formula is C11H24ClN3O2S. The minimum absolute atomic E-state index is 0. The maximum atomic E-state index is 12.5. The van der Waals surface area contributed by atoms with Crippen molar-refractivity contribution < 1.29 is 8.42 Å². The van der Waals surface area contributed by atoms with Crippen LogP contribution in [0.3, 0.4) is 0 Å². The molecule has 0 aromatic carbocycles. The van der Waals surface area contributed by atoms with Gasteiger partial charge in [-0.3, -0.25) is 0 Å². The molecule has 7 heteroatoms. The first kappa shape index (κ1) is 16.2. The van der Waals surface area contributed by atoms with Crippen molar-refractivity contribution in [3.05, 3.63) is 0 Å². The largest absolute Gasteiger partial charge is 0.315 e. The van der Waals surface area contributed by atoms with Gasteiger partial charge in [0.2, 0.25) is 0 Å². The van der Waals surface area contributed by atoms with Crippen molar-refractivity contribution in [1.82, 2.24) is 13.9 Å². The molecule has 2 aliphatic heterocycles. The summed E-state index contributed by atoms with van der Waals surface area (Å²) >= 11 is 0. The third-order valence-corrected chi connectivity index (χ3v) is 5.57. The number of hydrogen-bond acceptors (Lipinski definition) is 3. The second kappa shape index (κ2) is 7.05. The Morgan fingerprint density at radius 3 is 2.50 bits per heavy atom. The highest BCUT2D eigenvalue weighted by Crippen LogP contribution is 2.20. The summed E-state index contributed by atoms with van der Waals surface area (Å²) in [7, 11) is -3.21. The van der Waals surface area contributed by atoms with Crippen LogP contribution in [0.1, 0.15) is 26.2 Å². The van der Waals surface area contributed by atoms with Crippen molar-refractivity contribution in [1.29, 1.82) is 0 Å². The van der Waals surface area contributed by atoms with Crippen LogP contribution in [-0.2, 0) is 10.2 Å². The fourth-order valence-corrected chi connectivity index (χ4v) is 4.38. The first-order valence-corrected chi connectivity index (χ1v) is 7.96. The van der Waals surface area contributed by atoms with Crippen LogP contribution in [0.5, 0.6) is 0 Å². The molecule has 0 saturated carbocycles. The fourth-order valence-electron chi connectivity index (χ4n) is 2.57. The molecule has 2 rings (SSSR count). The number of nitrogens with zero attached hydrogens (tertiary/aromatic N) is 2. The monoisotopic (exact) mass is 297 g/mol.